The van der Waals surface area contributed by atoms with Gasteiger partial charge in [0, 0.05) is 5.70 Å². The average Bonchev–Trinajstić information content (AvgIpc) is 2.42. The van der Waals surface area contributed by atoms with Crippen LogP contribution in [0.15, 0.2) is 74.6 Å². The third-order valence-corrected chi connectivity index (χ3v) is 3.61. The van der Waals surface area contributed by atoms with Crippen LogP contribution in [0.5, 0.6) is 0 Å². The van der Waals surface area contributed by atoms with Crippen molar-refractivity contribution >= 4 is 15.8 Å². The van der Waals surface area contributed by atoms with Gasteiger partial charge in [-0.05, 0) is 56.2 Å². The summed E-state index contributed by atoms with van der Waals surface area (Å²) in [4.78, 5) is -0.232. The van der Waals surface area contributed by atoms with Crippen LogP contribution in [0.3, 0.4) is 0 Å². The molecule has 0 heterocycles. The molecule has 22 heavy (non-hydrogen) atoms. The molecule has 0 saturated carbocycles. The summed E-state index contributed by atoms with van der Waals surface area (Å²) in [7, 11) is -4.26. The first-order chi connectivity index (χ1) is 10.1. The third kappa shape index (κ3) is 5.27. The topological polar surface area (TPSA) is 105 Å². The number of nitrogens with zero attached hydrogens (tertiary/aromatic N) is 2. The van der Waals surface area contributed by atoms with Gasteiger partial charge in [-0.25, -0.2) is 0 Å². The number of benzene rings is 1. The van der Waals surface area contributed by atoms with Crippen molar-refractivity contribution in [2.75, 3.05) is 0 Å². The van der Waals surface area contributed by atoms with Gasteiger partial charge in [-0.3, -0.25) is 4.55 Å². The first-order valence-electron chi connectivity index (χ1n) is 6.41. The zero-order valence-electron chi connectivity index (χ0n) is 12.7. The molecular weight excluding hydrogens is 302 g/mol. The van der Waals surface area contributed by atoms with E-state index < -0.39 is 10.1 Å². The molecule has 0 aliphatic carbocycles. The molecule has 7 heteroatoms. The van der Waals surface area contributed by atoms with Crippen LogP contribution in [-0.2, 0) is 10.1 Å². The van der Waals surface area contributed by atoms with E-state index >= 15 is 0 Å². The van der Waals surface area contributed by atoms with Crippen LogP contribution in [0.1, 0.15) is 20.8 Å². The van der Waals surface area contributed by atoms with Gasteiger partial charge < -0.3 is 5.73 Å². The molecule has 0 radical (unpaired) electrons. The molecule has 1 aromatic rings. The highest BCUT2D eigenvalue weighted by atomic mass is 32.2. The van der Waals surface area contributed by atoms with Crippen LogP contribution < -0.4 is 5.73 Å². The van der Waals surface area contributed by atoms with Crippen molar-refractivity contribution in [2.45, 2.75) is 25.7 Å². The van der Waals surface area contributed by atoms with Crippen LogP contribution in [0.2, 0.25) is 0 Å². The van der Waals surface area contributed by atoms with Gasteiger partial charge in [0.2, 0.25) is 0 Å². The minimum absolute atomic E-state index is 0.232. The smallest absolute Gasteiger partial charge is 0.294 e. The number of hydrogen-bond donors (Lipinski definition) is 2. The van der Waals surface area contributed by atoms with E-state index in [1.165, 1.54) is 18.2 Å². The molecule has 0 saturated heterocycles. The monoisotopic (exact) mass is 321 g/mol. The predicted octanol–water partition coefficient (Wildman–Crippen LogP) is 3.73. The molecular formula is C15H19N3O3S. The Bertz CT molecular complexity index is 771. The van der Waals surface area contributed by atoms with Gasteiger partial charge >= 0.3 is 0 Å². The van der Waals surface area contributed by atoms with Crippen molar-refractivity contribution in [3.8, 4) is 0 Å². The highest BCUT2D eigenvalue weighted by Gasteiger charge is 2.09. The standard InChI is InChI=1S/C15H19N3O3S/c1-10(2)15(8-11(3)12(4)16)18-17-13-6-5-7-14(9-13)22(19,20)21/h5-9H,4,16H2,1-3H3,(H,19,20,21)/b11-8-,18-17?. The predicted molar refractivity (Wildman–Crippen MR) is 86.2 cm³/mol. The number of nitrogens with two attached hydrogens (primary N) is 1. The highest BCUT2D eigenvalue weighted by molar-refractivity contribution is 7.85. The lowest BCUT2D eigenvalue weighted by Gasteiger charge is -2.02. The lowest BCUT2D eigenvalue weighted by molar-refractivity contribution is 0.483. The molecule has 118 valence electrons. The molecule has 0 aliphatic rings. The Labute approximate surface area is 130 Å². The summed E-state index contributed by atoms with van der Waals surface area (Å²) < 4.78 is 31.2. The van der Waals surface area contributed by atoms with E-state index in [1.54, 1.807) is 19.1 Å². The molecule has 0 spiro atoms. The van der Waals surface area contributed by atoms with Crippen molar-refractivity contribution in [3.63, 3.8) is 0 Å². The van der Waals surface area contributed by atoms with Gasteiger partial charge in [-0.15, -0.1) is 0 Å². The van der Waals surface area contributed by atoms with E-state index in [4.69, 9.17) is 10.3 Å². The molecule has 1 aromatic carbocycles. The second-order valence-corrected chi connectivity index (χ2v) is 6.33. The van der Waals surface area contributed by atoms with E-state index in [0.29, 0.717) is 17.1 Å². The zero-order valence-corrected chi connectivity index (χ0v) is 13.6. The SMILES string of the molecule is C=C(N)/C(C)=C\C(N=Nc1cccc(S(=O)(=O)O)c1)=C(C)C. The van der Waals surface area contributed by atoms with Gasteiger partial charge in [0.05, 0.1) is 16.3 Å². The van der Waals surface area contributed by atoms with Crippen molar-refractivity contribution in [1.29, 1.82) is 0 Å². The Morgan fingerprint density at radius 2 is 1.95 bits per heavy atom. The molecule has 0 unspecified atom stereocenters. The van der Waals surface area contributed by atoms with Crippen LogP contribution in [-0.4, -0.2) is 13.0 Å². The number of hydrogen-bond acceptors (Lipinski definition) is 5. The van der Waals surface area contributed by atoms with Gasteiger partial charge in [0.25, 0.3) is 10.1 Å². The molecule has 0 aromatic heterocycles. The fraction of sp³-hybridized carbons (Fsp3) is 0.200. The van der Waals surface area contributed by atoms with Gasteiger partial charge in [-0.1, -0.05) is 12.6 Å². The molecule has 0 atom stereocenters. The highest BCUT2D eigenvalue weighted by Crippen LogP contribution is 2.20. The van der Waals surface area contributed by atoms with Crippen molar-refractivity contribution < 1.29 is 13.0 Å². The van der Waals surface area contributed by atoms with Crippen LogP contribution in [0.4, 0.5) is 5.69 Å². The summed E-state index contributed by atoms with van der Waals surface area (Å²) in [5.41, 5.74) is 8.63. The molecule has 3 N–H and O–H groups in total. The maximum atomic E-state index is 11.1. The minimum Gasteiger partial charge on any atom is -0.399 e. The molecule has 0 amide bonds. The van der Waals surface area contributed by atoms with E-state index in [1.807, 2.05) is 13.8 Å². The summed E-state index contributed by atoms with van der Waals surface area (Å²) in [5.74, 6) is 0. The second-order valence-electron chi connectivity index (χ2n) is 4.91. The fourth-order valence-electron chi connectivity index (χ4n) is 1.39. The fourth-order valence-corrected chi connectivity index (χ4v) is 1.91. The quantitative estimate of drug-likeness (QED) is 0.489. The number of allylic oxidation sites excluding steroid dienone is 3. The first kappa shape index (κ1) is 17.8. The number of azo groups is 1. The summed E-state index contributed by atoms with van der Waals surface area (Å²) in [6, 6.07) is 5.57. The summed E-state index contributed by atoms with van der Waals surface area (Å²) in [6.07, 6.45) is 1.74. The zero-order chi connectivity index (χ0) is 16.9. The van der Waals surface area contributed by atoms with Crippen molar-refractivity contribution in [2.24, 2.45) is 16.0 Å². The minimum atomic E-state index is -4.26. The molecule has 0 bridgehead atoms. The van der Waals surface area contributed by atoms with E-state index in [9.17, 15) is 8.42 Å². The molecule has 0 aliphatic heterocycles. The van der Waals surface area contributed by atoms with Crippen molar-refractivity contribution in [3.05, 3.63) is 59.5 Å². The molecule has 0 fully saturated rings. The normalized spacial score (nSPS) is 12.5. The molecule has 6 nitrogen and oxygen atoms in total. The van der Waals surface area contributed by atoms with Gasteiger partial charge in [0.15, 0.2) is 0 Å². The maximum Gasteiger partial charge on any atom is 0.294 e. The lowest BCUT2D eigenvalue weighted by Crippen LogP contribution is -1.97. The van der Waals surface area contributed by atoms with Gasteiger partial charge in [0.1, 0.15) is 0 Å². The Kier molecular flexibility index (Phi) is 5.78. The Morgan fingerprint density at radius 1 is 1.32 bits per heavy atom. The summed E-state index contributed by atoms with van der Waals surface area (Å²) >= 11 is 0. The van der Waals surface area contributed by atoms with Crippen LogP contribution in [0.25, 0.3) is 0 Å². The third-order valence-electron chi connectivity index (χ3n) is 2.76. The Balaban J connectivity index is 3.17. The second kappa shape index (κ2) is 7.15. The number of rotatable bonds is 5. The van der Waals surface area contributed by atoms with E-state index in [0.717, 1.165) is 11.1 Å². The first-order valence-corrected chi connectivity index (χ1v) is 7.85. The van der Waals surface area contributed by atoms with E-state index in [-0.39, 0.29) is 4.90 Å². The van der Waals surface area contributed by atoms with Crippen LogP contribution in [0, 0.1) is 0 Å². The Hall–Kier alpha value is -2.25. The van der Waals surface area contributed by atoms with Gasteiger partial charge in [-0.2, -0.15) is 18.6 Å². The van der Waals surface area contributed by atoms with Crippen molar-refractivity contribution in [1.82, 2.24) is 0 Å². The largest absolute Gasteiger partial charge is 0.399 e. The summed E-state index contributed by atoms with van der Waals surface area (Å²) in [5, 5.41) is 8.09. The average molecular weight is 321 g/mol. The molecule has 1 rings (SSSR count). The maximum absolute atomic E-state index is 11.1. The van der Waals surface area contributed by atoms with Crippen LogP contribution >= 0.6 is 0 Å². The lowest BCUT2D eigenvalue weighted by atomic mass is 10.1. The van der Waals surface area contributed by atoms with E-state index in [2.05, 4.69) is 16.8 Å². The Morgan fingerprint density at radius 3 is 2.45 bits per heavy atom. The summed E-state index contributed by atoms with van der Waals surface area (Å²) in [6.45, 7) is 9.18.